The maximum Gasteiger partial charge on any atom is 0.408 e. The third kappa shape index (κ3) is 6.10. The van der Waals surface area contributed by atoms with Gasteiger partial charge in [-0.1, -0.05) is 42.5 Å². The van der Waals surface area contributed by atoms with Gasteiger partial charge in [-0.2, -0.15) is 0 Å². The first-order chi connectivity index (χ1) is 17.2. The van der Waals surface area contributed by atoms with Gasteiger partial charge in [0.15, 0.2) is 11.5 Å². The summed E-state index contributed by atoms with van der Waals surface area (Å²) in [4.78, 5) is 12.9. The van der Waals surface area contributed by atoms with Gasteiger partial charge in [0.05, 0.1) is 6.04 Å². The molecule has 7 heteroatoms. The van der Waals surface area contributed by atoms with Crippen molar-refractivity contribution in [3.8, 4) is 23.0 Å². The average Bonchev–Trinajstić information content (AvgIpc) is 3.28. The molecule has 0 unspecified atom stereocenters. The van der Waals surface area contributed by atoms with Crippen LogP contribution in [0.25, 0.3) is 0 Å². The highest BCUT2D eigenvalue weighted by Gasteiger charge is 2.28. The number of nitrogens with one attached hydrogen (secondary N) is 1. The minimum Gasteiger partial charge on any atom is -0.507 e. The molecule has 0 bridgehead atoms. The highest BCUT2D eigenvalue weighted by molar-refractivity contribution is 5.70. The van der Waals surface area contributed by atoms with Gasteiger partial charge >= 0.3 is 6.09 Å². The molecule has 0 aliphatic carbocycles. The topological polar surface area (TPSA) is 86.3 Å². The number of aromatic hydroxyl groups is 1. The Bertz CT molecular complexity index is 1230. The number of hydrogen-bond acceptors (Lipinski definition) is 6. The number of phenolic OH excluding ortho intramolecular Hbond substituents is 1. The summed E-state index contributed by atoms with van der Waals surface area (Å²) < 4.78 is 22.5. The predicted molar refractivity (Wildman–Crippen MR) is 137 cm³/mol. The Balaban J connectivity index is 1.75. The van der Waals surface area contributed by atoms with Crippen molar-refractivity contribution < 1.29 is 28.8 Å². The maximum absolute atomic E-state index is 12.9. The highest BCUT2D eigenvalue weighted by atomic mass is 16.7. The van der Waals surface area contributed by atoms with E-state index in [0.29, 0.717) is 35.8 Å². The van der Waals surface area contributed by atoms with Crippen molar-refractivity contribution in [1.29, 1.82) is 0 Å². The lowest BCUT2D eigenvalue weighted by molar-refractivity contribution is 0.0511. The molecule has 188 valence electrons. The van der Waals surface area contributed by atoms with Gasteiger partial charge in [0.2, 0.25) is 6.79 Å². The molecule has 0 saturated heterocycles. The number of allylic oxidation sites excluding steroid dienone is 1. The molecule has 2 N–H and O–H groups in total. The molecule has 1 aliphatic rings. The summed E-state index contributed by atoms with van der Waals surface area (Å²) in [6.45, 7) is 9.70. The van der Waals surface area contributed by atoms with E-state index in [0.717, 1.165) is 16.7 Å². The molecule has 0 aromatic heterocycles. The Hall–Kier alpha value is -4.13. The van der Waals surface area contributed by atoms with Crippen LogP contribution < -0.4 is 19.5 Å². The van der Waals surface area contributed by atoms with Crippen molar-refractivity contribution in [2.45, 2.75) is 45.4 Å². The molecule has 1 aliphatic heterocycles. The average molecular weight is 490 g/mol. The molecular weight excluding hydrogens is 458 g/mol. The molecule has 0 saturated carbocycles. The maximum atomic E-state index is 12.9. The lowest BCUT2D eigenvalue weighted by atomic mass is 9.92. The second-order valence-corrected chi connectivity index (χ2v) is 9.47. The molecule has 3 aromatic rings. The number of rotatable bonds is 8. The SMILES string of the molecule is C=CCc1ccc(OCc2ccccc2)cc1[C@@H](NC(=O)OC(C)(C)C)c1cc2c(cc1O)OCO2. The molecule has 1 atom stereocenters. The van der Waals surface area contributed by atoms with E-state index in [1.807, 2.05) is 48.5 Å². The molecule has 4 rings (SSSR count). The van der Waals surface area contributed by atoms with Crippen LogP contribution in [0.4, 0.5) is 4.79 Å². The number of ether oxygens (including phenoxy) is 4. The molecule has 1 amide bonds. The quantitative estimate of drug-likeness (QED) is 0.375. The van der Waals surface area contributed by atoms with E-state index >= 15 is 0 Å². The van der Waals surface area contributed by atoms with E-state index < -0.39 is 17.7 Å². The molecule has 36 heavy (non-hydrogen) atoms. The zero-order valence-corrected chi connectivity index (χ0v) is 20.7. The Morgan fingerprint density at radius 1 is 1.08 bits per heavy atom. The lowest BCUT2D eigenvalue weighted by Gasteiger charge is -2.26. The van der Waals surface area contributed by atoms with Crippen molar-refractivity contribution in [3.63, 3.8) is 0 Å². The minimum atomic E-state index is -0.760. The monoisotopic (exact) mass is 489 g/mol. The first-order valence-corrected chi connectivity index (χ1v) is 11.8. The van der Waals surface area contributed by atoms with Crippen LogP contribution in [0, 0.1) is 0 Å². The molecule has 7 nitrogen and oxygen atoms in total. The molecule has 0 radical (unpaired) electrons. The summed E-state index contributed by atoms with van der Waals surface area (Å²) in [7, 11) is 0. The van der Waals surface area contributed by atoms with Gasteiger partial charge in [0.1, 0.15) is 23.7 Å². The van der Waals surface area contributed by atoms with E-state index in [-0.39, 0.29) is 12.5 Å². The van der Waals surface area contributed by atoms with Crippen molar-refractivity contribution in [2.24, 2.45) is 0 Å². The Kier molecular flexibility index (Phi) is 7.38. The van der Waals surface area contributed by atoms with Gasteiger partial charge in [-0.3, -0.25) is 0 Å². The van der Waals surface area contributed by atoms with Crippen molar-refractivity contribution in [2.75, 3.05) is 6.79 Å². The second kappa shape index (κ2) is 10.6. The summed E-state index contributed by atoms with van der Waals surface area (Å²) in [5.41, 5.74) is 2.42. The van der Waals surface area contributed by atoms with Crippen LogP contribution in [0.3, 0.4) is 0 Å². The van der Waals surface area contributed by atoms with Crippen molar-refractivity contribution >= 4 is 6.09 Å². The summed E-state index contributed by atoms with van der Waals surface area (Å²) >= 11 is 0. The van der Waals surface area contributed by atoms with Gasteiger partial charge in [-0.25, -0.2) is 4.79 Å². The van der Waals surface area contributed by atoms with E-state index in [4.69, 9.17) is 18.9 Å². The second-order valence-electron chi connectivity index (χ2n) is 9.47. The number of amides is 1. The van der Waals surface area contributed by atoms with E-state index in [1.165, 1.54) is 6.07 Å². The van der Waals surface area contributed by atoms with Crippen LogP contribution in [-0.4, -0.2) is 23.6 Å². The van der Waals surface area contributed by atoms with E-state index in [9.17, 15) is 9.90 Å². The van der Waals surface area contributed by atoms with Gasteiger partial charge in [-0.05, 0) is 62.1 Å². The number of fused-ring (bicyclic) bond motifs is 1. The number of carbonyl (C=O) groups excluding carboxylic acids is 1. The fourth-order valence-corrected chi connectivity index (χ4v) is 3.94. The van der Waals surface area contributed by atoms with Crippen LogP contribution >= 0.6 is 0 Å². The van der Waals surface area contributed by atoms with Crippen LogP contribution in [0.15, 0.2) is 73.3 Å². The Morgan fingerprint density at radius 2 is 1.81 bits per heavy atom. The van der Waals surface area contributed by atoms with Gasteiger partial charge in [0.25, 0.3) is 0 Å². The largest absolute Gasteiger partial charge is 0.507 e. The Labute approximate surface area is 211 Å². The van der Waals surface area contributed by atoms with Crippen LogP contribution in [-0.2, 0) is 17.8 Å². The van der Waals surface area contributed by atoms with Crippen LogP contribution in [0.2, 0.25) is 0 Å². The van der Waals surface area contributed by atoms with Crippen LogP contribution in [0.1, 0.15) is 49.1 Å². The normalized spacial score (nSPS) is 13.1. The number of phenols is 1. The lowest BCUT2D eigenvalue weighted by Crippen LogP contribution is -2.35. The summed E-state index contributed by atoms with van der Waals surface area (Å²) in [6, 6.07) is 17.9. The Morgan fingerprint density at radius 3 is 2.50 bits per heavy atom. The fraction of sp³-hybridized carbons (Fsp3) is 0.276. The number of alkyl carbamates (subject to hydrolysis) is 1. The number of benzene rings is 3. The first kappa shape index (κ1) is 25.0. The molecule has 1 heterocycles. The van der Waals surface area contributed by atoms with Gasteiger partial charge < -0.3 is 29.4 Å². The van der Waals surface area contributed by atoms with E-state index in [2.05, 4.69) is 11.9 Å². The summed E-state index contributed by atoms with van der Waals surface area (Å²) in [5.74, 6) is 1.51. The third-order valence-corrected chi connectivity index (χ3v) is 5.53. The molecule has 0 spiro atoms. The number of hydrogen-bond donors (Lipinski definition) is 2. The van der Waals surface area contributed by atoms with Crippen LogP contribution in [0.5, 0.6) is 23.0 Å². The predicted octanol–water partition coefficient (Wildman–Crippen LogP) is 6.04. The zero-order valence-electron chi connectivity index (χ0n) is 20.7. The van der Waals surface area contributed by atoms with Gasteiger partial charge in [-0.15, -0.1) is 6.58 Å². The van der Waals surface area contributed by atoms with Gasteiger partial charge in [0, 0.05) is 11.6 Å². The molecular formula is C29H31NO6. The summed E-state index contributed by atoms with van der Waals surface area (Å²) in [6.07, 6.45) is 1.71. The molecule has 0 fully saturated rings. The smallest absolute Gasteiger partial charge is 0.408 e. The highest BCUT2D eigenvalue weighted by Crippen LogP contribution is 2.42. The zero-order chi connectivity index (χ0) is 25.7. The van der Waals surface area contributed by atoms with Crippen molar-refractivity contribution in [3.05, 3.63) is 95.6 Å². The molecule has 3 aromatic carbocycles. The summed E-state index contributed by atoms with van der Waals surface area (Å²) in [5, 5.41) is 13.8. The van der Waals surface area contributed by atoms with E-state index in [1.54, 1.807) is 32.9 Å². The standard InChI is InChI=1S/C29H31NO6/c1-5-9-20-12-13-21(33-17-19-10-7-6-8-11-19)14-22(20)27(30-28(32)36-29(2,3)4)23-15-25-26(16-24(23)31)35-18-34-25/h5-8,10-16,27,31H,1,9,17-18H2,2-4H3,(H,30,32)/t27-/m1/s1. The number of carbonyl (C=O) groups is 1. The fourth-order valence-electron chi connectivity index (χ4n) is 3.94. The van der Waals surface area contributed by atoms with Crippen molar-refractivity contribution in [1.82, 2.24) is 5.32 Å². The third-order valence-electron chi connectivity index (χ3n) is 5.53. The first-order valence-electron chi connectivity index (χ1n) is 11.8. The minimum absolute atomic E-state index is 0.0412.